The Bertz CT molecular complexity index is 275. The number of aromatic nitrogens is 1. The van der Waals surface area contributed by atoms with Gasteiger partial charge >= 0.3 is 0 Å². The maximum Gasteiger partial charge on any atom is 0.168 e. The second kappa shape index (κ2) is 3.19. The second-order valence-corrected chi connectivity index (χ2v) is 1.94. The Morgan fingerprint density at radius 2 is 2.36 bits per heavy atom. The summed E-state index contributed by atoms with van der Waals surface area (Å²) < 4.78 is 4.84. The van der Waals surface area contributed by atoms with Gasteiger partial charge < -0.3 is 4.74 Å². The third-order valence-electron chi connectivity index (χ3n) is 1.25. The summed E-state index contributed by atoms with van der Waals surface area (Å²) in [5.41, 5.74) is 0.542. The van der Waals surface area contributed by atoms with Crippen LogP contribution >= 0.6 is 0 Å². The zero-order chi connectivity index (χ0) is 8.27. The topological polar surface area (TPSA) is 39.2 Å². The molecular formula is C7H6BNO2. The van der Waals surface area contributed by atoms with E-state index >= 15 is 0 Å². The first kappa shape index (κ1) is 7.79. The summed E-state index contributed by atoms with van der Waals surface area (Å²) in [6.45, 7) is 0. The first-order chi connectivity index (χ1) is 5.27. The van der Waals surface area contributed by atoms with Crippen LogP contribution in [0.2, 0.25) is 0 Å². The van der Waals surface area contributed by atoms with Crippen LogP contribution in [0.5, 0.6) is 5.75 Å². The molecule has 0 aromatic carbocycles. The van der Waals surface area contributed by atoms with E-state index in [0.717, 1.165) is 0 Å². The van der Waals surface area contributed by atoms with Crippen LogP contribution in [0.25, 0.3) is 0 Å². The van der Waals surface area contributed by atoms with Gasteiger partial charge in [0.25, 0.3) is 0 Å². The molecule has 11 heavy (non-hydrogen) atoms. The lowest BCUT2D eigenvalue weighted by Gasteiger charge is -2.02. The van der Waals surface area contributed by atoms with Gasteiger partial charge in [0.2, 0.25) is 0 Å². The number of hydrogen-bond acceptors (Lipinski definition) is 3. The summed E-state index contributed by atoms with van der Waals surface area (Å²) in [4.78, 5) is 13.9. The summed E-state index contributed by atoms with van der Waals surface area (Å²) in [5, 5.41) is 0. The number of rotatable bonds is 2. The molecule has 0 spiro atoms. The van der Waals surface area contributed by atoms with Crippen LogP contribution in [-0.2, 0) is 0 Å². The molecule has 54 valence electrons. The van der Waals surface area contributed by atoms with Gasteiger partial charge in [-0.1, -0.05) is 0 Å². The fraction of sp³-hybridized carbons (Fsp3) is 0.143. The minimum atomic E-state index is 0.233. The van der Waals surface area contributed by atoms with Crippen molar-refractivity contribution in [2.24, 2.45) is 0 Å². The maximum atomic E-state index is 10.2. The standard InChI is InChI=1S/C7H6BNO2/c1-11-6-3-2-5(4-10)9-7(6)8/h2-4H,1H3. The van der Waals surface area contributed by atoms with E-state index in [0.29, 0.717) is 17.7 Å². The van der Waals surface area contributed by atoms with Crippen molar-refractivity contribution in [2.75, 3.05) is 7.11 Å². The Balaban J connectivity index is 3.09. The van der Waals surface area contributed by atoms with Gasteiger partial charge in [-0.05, 0) is 12.1 Å². The Hall–Kier alpha value is -1.32. The van der Waals surface area contributed by atoms with Crippen LogP contribution in [0.3, 0.4) is 0 Å². The molecule has 0 aliphatic rings. The van der Waals surface area contributed by atoms with E-state index in [2.05, 4.69) is 4.98 Å². The second-order valence-electron chi connectivity index (χ2n) is 1.94. The van der Waals surface area contributed by atoms with E-state index in [1.807, 2.05) is 0 Å². The average Bonchev–Trinajstić information content (AvgIpc) is 2.04. The molecule has 1 aromatic rings. The maximum absolute atomic E-state index is 10.2. The van der Waals surface area contributed by atoms with Gasteiger partial charge in [-0.15, -0.1) is 0 Å². The summed E-state index contributed by atoms with van der Waals surface area (Å²) in [6, 6.07) is 3.15. The molecule has 0 saturated heterocycles. The number of methoxy groups -OCH3 is 1. The van der Waals surface area contributed by atoms with Gasteiger partial charge in [0.1, 0.15) is 19.3 Å². The van der Waals surface area contributed by atoms with Crippen LogP contribution in [0.1, 0.15) is 10.5 Å². The fourth-order valence-corrected chi connectivity index (χ4v) is 0.716. The van der Waals surface area contributed by atoms with Gasteiger partial charge in [0.05, 0.1) is 7.11 Å². The van der Waals surface area contributed by atoms with E-state index in [1.54, 1.807) is 12.1 Å². The van der Waals surface area contributed by atoms with Crippen molar-refractivity contribution in [1.29, 1.82) is 0 Å². The van der Waals surface area contributed by atoms with E-state index < -0.39 is 0 Å². The first-order valence-electron chi connectivity index (χ1n) is 3.03. The lowest BCUT2D eigenvalue weighted by molar-refractivity contribution is 0.111. The van der Waals surface area contributed by atoms with Crippen LogP contribution in [0.4, 0.5) is 0 Å². The molecule has 0 bridgehead atoms. The highest BCUT2D eigenvalue weighted by Crippen LogP contribution is 2.02. The van der Waals surface area contributed by atoms with Gasteiger partial charge in [0, 0.05) is 5.59 Å². The van der Waals surface area contributed by atoms with E-state index in [9.17, 15) is 4.79 Å². The molecule has 0 atom stereocenters. The molecule has 0 aliphatic carbocycles. The number of aldehydes is 1. The molecule has 3 nitrogen and oxygen atoms in total. The predicted octanol–water partition coefficient (Wildman–Crippen LogP) is -0.304. The summed E-state index contributed by atoms with van der Waals surface area (Å²) in [6.07, 6.45) is 0.635. The molecule has 1 aromatic heterocycles. The van der Waals surface area contributed by atoms with Gasteiger partial charge in [0.15, 0.2) is 6.29 Å². The minimum Gasteiger partial charge on any atom is -0.496 e. The van der Waals surface area contributed by atoms with E-state index in [4.69, 9.17) is 12.6 Å². The monoisotopic (exact) mass is 147 g/mol. The molecule has 1 rings (SSSR count). The lowest BCUT2D eigenvalue weighted by atomic mass is 10.0. The minimum absolute atomic E-state index is 0.233. The zero-order valence-corrected chi connectivity index (χ0v) is 6.07. The molecular weight excluding hydrogens is 141 g/mol. The van der Waals surface area contributed by atoms with Gasteiger partial charge in [-0.3, -0.25) is 9.78 Å². The van der Waals surface area contributed by atoms with Crippen molar-refractivity contribution in [1.82, 2.24) is 4.98 Å². The highest BCUT2D eigenvalue weighted by molar-refractivity contribution is 6.32. The smallest absolute Gasteiger partial charge is 0.168 e. The summed E-state index contributed by atoms with van der Waals surface area (Å²) >= 11 is 0. The molecule has 0 fully saturated rings. The Labute approximate surface area is 65.8 Å². The Morgan fingerprint density at radius 3 is 2.82 bits per heavy atom. The van der Waals surface area contributed by atoms with Crippen LogP contribution in [0, 0.1) is 0 Å². The third-order valence-corrected chi connectivity index (χ3v) is 1.25. The van der Waals surface area contributed by atoms with Crippen molar-refractivity contribution in [3.05, 3.63) is 17.8 Å². The Kier molecular flexibility index (Phi) is 2.26. The molecule has 0 aliphatic heterocycles. The first-order valence-corrected chi connectivity index (χ1v) is 3.03. The lowest BCUT2D eigenvalue weighted by Crippen LogP contribution is -2.13. The van der Waals surface area contributed by atoms with Crippen molar-refractivity contribution >= 4 is 19.7 Å². The molecule has 0 saturated carbocycles. The highest BCUT2D eigenvalue weighted by Gasteiger charge is 1.98. The number of pyridine rings is 1. The van der Waals surface area contributed by atoms with Crippen LogP contribution < -0.4 is 10.3 Å². The highest BCUT2D eigenvalue weighted by atomic mass is 16.5. The number of ether oxygens (including phenoxy) is 1. The molecule has 0 amide bonds. The number of hydrogen-bond donors (Lipinski definition) is 0. The quantitative estimate of drug-likeness (QED) is 0.425. The number of carbonyl (C=O) groups excluding carboxylic acids is 1. The van der Waals surface area contributed by atoms with Crippen LogP contribution in [-0.4, -0.2) is 26.2 Å². The molecule has 0 N–H and O–H groups in total. The normalized spacial score (nSPS) is 9.18. The fourth-order valence-electron chi connectivity index (χ4n) is 0.716. The largest absolute Gasteiger partial charge is 0.496 e. The van der Waals surface area contributed by atoms with Gasteiger partial charge in [-0.25, -0.2) is 0 Å². The number of nitrogens with zero attached hydrogens (tertiary/aromatic N) is 1. The predicted molar refractivity (Wildman–Crippen MR) is 41.6 cm³/mol. The number of carbonyl (C=O) groups is 1. The van der Waals surface area contributed by atoms with E-state index in [1.165, 1.54) is 7.11 Å². The molecule has 2 radical (unpaired) electrons. The van der Waals surface area contributed by atoms with Crippen molar-refractivity contribution in [3.8, 4) is 5.75 Å². The molecule has 1 heterocycles. The molecule has 4 heteroatoms. The van der Waals surface area contributed by atoms with Crippen molar-refractivity contribution in [2.45, 2.75) is 0 Å². The third kappa shape index (κ3) is 1.58. The van der Waals surface area contributed by atoms with Gasteiger partial charge in [-0.2, -0.15) is 0 Å². The summed E-state index contributed by atoms with van der Waals surface area (Å²) in [7, 11) is 6.91. The molecule has 0 unspecified atom stereocenters. The van der Waals surface area contributed by atoms with E-state index in [-0.39, 0.29) is 5.59 Å². The van der Waals surface area contributed by atoms with Crippen molar-refractivity contribution < 1.29 is 9.53 Å². The van der Waals surface area contributed by atoms with Crippen LogP contribution in [0.15, 0.2) is 12.1 Å². The SMILES string of the molecule is [B]c1nc(C=O)ccc1OC. The Morgan fingerprint density at radius 1 is 1.64 bits per heavy atom. The zero-order valence-electron chi connectivity index (χ0n) is 6.07. The van der Waals surface area contributed by atoms with Crippen molar-refractivity contribution in [3.63, 3.8) is 0 Å². The summed E-state index contributed by atoms with van der Waals surface area (Å²) in [5.74, 6) is 0.482. The average molecular weight is 147 g/mol.